The average Bonchev–Trinajstić information content (AvgIpc) is 2.86. The number of pyridine rings is 1. The Balaban J connectivity index is 1.60. The van der Waals surface area contributed by atoms with Crippen LogP contribution in [0.5, 0.6) is 23.1 Å². The molecular weight excluding hydrogens is 450 g/mol. The van der Waals surface area contributed by atoms with Crippen LogP contribution in [0.3, 0.4) is 0 Å². The Morgan fingerprint density at radius 1 is 0.824 bits per heavy atom. The van der Waals surface area contributed by atoms with Gasteiger partial charge in [-0.15, -0.1) is 0 Å². The molecule has 0 saturated heterocycles. The molecule has 170 valence electrons. The molecule has 0 aliphatic rings. The number of para-hydroxylation sites is 1. The smallest absolute Gasteiger partial charge is 0.227 e. The lowest BCUT2D eigenvalue weighted by Crippen LogP contribution is -1.94. The van der Waals surface area contributed by atoms with Crippen LogP contribution in [0.2, 0.25) is 5.02 Å². The summed E-state index contributed by atoms with van der Waals surface area (Å²) in [7, 11) is 3.16. The minimum absolute atomic E-state index is 0.195. The van der Waals surface area contributed by atoms with Gasteiger partial charge >= 0.3 is 0 Å². The van der Waals surface area contributed by atoms with Crippen molar-refractivity contribution >= 4 is 40.4 Å². The molecule has 4 rings (SSSR count). The van der Waals surface area contributed by atoms with Crippen LogP contribution < -0.4 is 14.2 Å². The van der Waals surface area contributed by atoms with Crippen molar-refractivity contribution in [2.45, 2.75) is 0 Å². The van der Waals surface area contributed by atoms with Gasteiger partial charge in [0.1, 0.15) is 17.2 Å². The van der Waals surface area contributed by atoms with Crippen LogP contribution in [-0.2, 0) is 4.79 Å². The number of halogens is 1. The summed E-state index contributed by atoms with van der Waals surface area (Å²) in [4.78, 5) is 17.2. The van der Waals surface area contributed by atoms with E-state index in [1.54, 1.807) is 56.7 Å². The van der Waals surface area contributed by atoms with Gasteiger partial charge in [-0.25, -0.2) is 4.98 Å². The van der Waals surface area contributed by atoms with E-state index >= 15 is 0 Å². The summed E-state index contributed by atoms with van der Waals surface area (Å²) >= 11 is 6.09. The van der Waals surface area contributed by atoms with E-state index in [9.17, 15) is 4.79 Å². The molecule has 1 aromatic heterocycles. The average molecular weight is 472 g/mol. The molecule has 0 bridgehead atoms. The molecule has 1 heterocycles. The maximum Gasteiger partial charge on any atom is 0.227 e. The second kappa shape index (κ2) is 10.7. The number of fused-ring (bicyclic) bond motifs is 1. The van der Waals surface area contributed by atoms with Gasteiger partial charge in [-0.3, -0.25) is 4.79 Å². The number of rotatable bonds is 8. The molecule has 0 radical (unpaired) electrons. The molecule has 34 heavy (non-hydrogen) atoms. The highest BCUT2D eigenvalue weighted by Gasteiger charge is 2.09. The number of hydrogen-bond donors (Lipinski definition) is 0. The third-order valence-corrected chi connectivity index (χ3v) is 5.26. The summed E-state index contributed by atoms with van der Waals surface area (Å²) in [5.41, 5.74) is 2.22. The van der Waals surface area contributed by atoms with E-state index in [-0.39, 0.29) is 5.78 Å². The highest BCUT2D eigenvalue weighted by molar-refractivity contribution is 6.30. The topological polar surface area (TPSA) is 57.7 Å². The van der Waals surface area contributed by atoms with Crippen LogP contribution in [0.25, 0.3) is 23.1 Å². The first-order valence-corrected chi connectivity index (χ1v) is 10.9. The molecule has 0 atom stereocenters. The molecule has 4 aromatic rings. The standard InChI is InChI=1S/C28H22ClNO4/c1-32-24-15-12-19(27(18-24)33-2)10-13-23(31)14-11-21-16-20-6-3-4-9-26(20)30-28(21)34-25-8-5-7-22(29)17-25/h3-18H,1-2H3/b13-10+,14-11+. The molecule has 6 heteroatoms. The maximum absolute atomic E-state index is 12.6. The maximum atomic E-state index is 12.6. The van der Waals surface area contributed by atoms with Crippen molar-refractivity contribution in [2.75, 3.05) is 14.2 Å². The minimum Gasteiger partial charge on any atom is -0.497 e. The fourth-order valence-electron chi connectivity index (χ4n) is 3.31. The van der Waals surface area contributed by atoms with Crippen molar-refractivity contribution in [3.63, 3.8) is 0 Å². The Morgan fingerprint density at radius 2 is 1.62 bits per heavy atom. The van der Waals surface area contributed by atoms with Gasteiger partial charge in [0.25, 0.3) is 0 Å². The first kappa shape index (κ1) is 23.1. The number of ether oxygens (including phenoxy) is 3. The number of carbonyl (C=O) groups is 1. The zero-order valence-electron chi connectivity index (χ0n) is 18.7. The summed E-state index contributed by atoms with van der Waals surface area (Å²) in [6, 6.07) is 22.1. The number of hydrogen-bond acceptors (Lipinski definition) is 5. The van der Waals surface area contributed by atoms with E-state index in [1.165, 1.54) is 12.2 Å². The van der Waals surface area contributed by atoms with Crippen molar-refractivity contribution in [2.24, 2.45) is 0 Å². The van der Waals surface area contributed by atoms with Gasteiger partial charge in [0.05, 0.1) is 19.7 Å². The summed E-state index contributed by atoms with van der Waals surface area (Å²) in [5, 5.41) is 1.50. The van der Waals surface area contributed by atoms with E-state index in [0.29, 0.717) is 33.7 Å². The fourth-order valence-corrected chi connectivity index (χ4v) is 3.49. The molecule has 5 nitrogen and oxygen atoms in total. The Hall–Kier alpha value is -4.09. The number of allylic oxidation sites excluding steroid dienone is 2. The molecule has 0 unspecified atom stereocenters. The molecule has 0 N–H and O–H groups in total. The molecular formula is C28H22ClNO4. The van der Waals surface area contributed by atoms with Gasteiger partial charge in [0.2, 0.25) is 5.88 Å². The molecule has 0 spiro atoms. The van der Waals surface area contributed by atoms with Crippen molar-refractivity contribution in [3.05, 3.63) is 101 Å². The van der Waals surface area contributed by atoms with Crippen molar-refractivity contribution in [1.29, 1.82) is 0 Å². The van der Waals surface area contributed by atoms with Gasteiger partial charge in [-0.05, 0) is 66.8 Å². The van der Waals surface area contributed by atoms with Crippen LogP contribution >= 0.6 is 11.6 Å². The molecule has 0 saturated carbocycles. The predicted octanol–water partition coefficient (Wildman–Crippen LogP) is 6.99. The van der Waals surface area contributed by atoms with Gasteiger partial charge in [0, 0.05) is 27.6 Å². The van der Waals surface area contributed by atoms with E-state index in [4.69, 9.17) is 25.8 Å². The Bertz CT molecular complexity index is 1390. The van der Waals surface area contributed by atoms with Crippen molar-refractivity contribution in [1.82, 2.24) is 4.98 Å². The third kappa shape index (κ3) is 5.63. The Morgan fingerprint density at radius 3 is 2.38 bits per heavy atom. The normalized spacial score (nSPS) is 11.3. The highest BCUT2D eigenvalue weighted by Crippen LogP contribution is 2.29. The van der Waals surface area contributed by atoms with Crippen LogP contribution in [0.15, 0.2) is 84.9 Å². The van der Waals surface area contributed by atoms with E-state index < -0.39 is 0 Å². The number of aromatic nitrogens is 1. The summed E-state index contributed by atoms with van der Waals surface area (Å²) in [5.74, 6) is 2.04. The summed E-state index contributed by atoms with van der Waals surface area (Å²) in [6.07, 6.45) is 6.35. The Kier molecular flexibility index (Phi) is 7.25. The van der Waals surface area contributed by atoms with Gasteiger partial charge in [-0.1, -0.05) is 35.9 Å². The lowest BCUT2D eigenvalue weighted by Gasteiger charge is -2.10. The Labute approximate surface area is 202 Å². The van der Waals surface area contributed by atoms with Gasteiger partial charge in [-0.2, -0.15) is 0 Å². The molecule has 3 aromatic carbocycles. The monoisotopic (exact) mass is 471 g/mol. The zero-order chi connectivity index (χ0) is 23.9. The third-order valence-electron chi connectivity index (χ3n) is 5.02. The molecule has 0 aliphatic heterocycles. The van der Waals surface area contributed by atoms with Crippen LogP contribution in [0.4, 0.5) is 0 Å². The summed E-state index contributed by atoms with van der Waals surface area (Å²) < 4.78 is 16.6. The zero-order valence-corrected chi connectivity index (χ0v) is 19.5. The number of benzene rings is 3. The molecule has 0 aliphatic carbocycles. The first-order valence-electron chi connectivity index (χ1n) is 10.5. The second-order valence-electron chi connectivity index (χ2n) is 7.31. The largest absolute Gasteiger partial charge is 0.497 e. The van der Waals surface area contributed by atoms with Crippen molar-refractivity contribution in [3.8, 4) is 23.1 Å². The number of nitrogens with zero attached hydrogens (tertiary/aromatic N) is 1. The SMILES string of the molecule is COc1ccc(/C=C/C(=O)/C=C/c2cc3ccccc3nc2Oc2cccc(Cl)c2)c(OC)c1. The van der Waals surface area contributed by atoms with Gasteiger partial charge in [0.15, 0.2) is 5.78 Å². The van der Waals surface area contributed by atoms with Crippen LogP contribution in [0, 0.1) is 0 Å². The number of ketones is 1. The minimum atomic E-state index is -0.195. The molecule has 0 amide bonds. The molecule has 0 fully saturated rings. The fraction of sp³-hybridized carbons (Fsp3) is 0.0714. The van der Waals surface area contributed by atoms with Crippen molar-refractivity contribution < 1.29 is 19.0 Å². The second-order valence-corrected chi connectivity index (χ2v) is 7.75. The van der Waals surface area contributed by atoms with E-state index in [0.717, 1.165) is 16.5 Å². The lowest BCUT2D eigenvalue weighted by molar-refractivity contribution is -0.110. The van der Waals surface area contributed by atoms with Crippen LogP contribution in [0.1, 0.15) is 11.1 Å². The lowest BCUT2D eigenvalue weighted by atomic mass is 10.1. The van der Waals surface area contributed by atoms with E-state index in [1.807, 2.05) is 42.5 Å². The number of methoxy groups -OCH3 is 2. The quantitative estimate of drug-likeness (QED) is 0.259. The predicted molar refractivity (Wildman–Crippen MR) is 136 cm³/mol. The summed E-state index contributed by atoms with van der Waals surface area (Å²) in [6.45, 7) is 0. The van der Waals surface area contributed by atoms with Crippen LogP contribution in [-0.4, -0.2) is 25.0 Å². The van der Waals surface area contributed by atoms with Gasteiger partial charge < -0.3 is 14.2 Å². The first-order chi connectivity index (χ1) is 16.6. The highest BCUT2D eigenvalue weighted by atomic mass is 35.5. The van der Waals surface area contributed by atoms with E-state index in [2.05, 4.69) is 4.98 Å². The number of carbonyl (C=O) groups excluding carboxylic acids is 1.